The van der Waals surface area contributed by atoms with Crippen LogP contribution in [-0.4, -0.2) is 70.8 Å². The molecule has 1 aliphatic rings. The molecule has 10 nitrogen and oxygen atoms in total. The second-order valence-electron chi connectivity index (χ2n) is 10.3. The highest BCUT2D eigenvalue weighted by atomic mass is 16.5. The Morgan fingerprint density at radius 3 is 2.57 bits per heavy atom. The summed E-state index contributed by atoms with van der Waals surface area (Å²) in [5.41, 5.74) is 2.69. The normalized spacial score (nSPS) is 14.5. The third kappa shape index (κ3) is 7.71. The molecule has 2 aromatic carbocycles. The van der Waals surface area contributed by atoms with Crippen molar-refractivity contribution >= 4 is 12.2 Å². The standard InChI is InChI=1S/C32H38N4O6/c1-3-39-29-21-25(10-13-28-31(37)36(32(38)42-28)20-19-35-17-15-34(2)16-18-35)9-12-27(29)40-22-26-23-41-30(33-26)14-11-24-7-5-4-6-8-24/h4-9,11-12,14,21,23,37H,3,10,13,15-20,22H2,1-2H3. The maximum Gasteiger partial charge on any atom is 0.422 e. The van der Waals surface area contributed by atoms with Crippen LogP contribution in [0.15, 0.2) is 68.4 Å². The van der Waals surface area contributed by atoms with Crippen LogP contribution in [0.4, 0.5) is 0 Å². The van der Waals surface area contributed by atoms with E-state index in [9.17, 15) is 9.90 Å². The molecule has 0 unspecified atom stereocenters. The van der Waals surface area contributed by atoms with E-state index in [2.05, 4.69) is 21.8 Å². The molecule has 0 aliphatic carbocycles. The SMILES string of the molecule is CCOc1cc(CCc2oc(=O)n(CCN3CCN(C)CC3)c2O)ccc1OCc1coc(C=Cc2ccccc2)n1. The van der Waals surface area contributed by atoms with Crippen LogP contribution in [0.25, 0.3) is 12.2 Å². The Balaban J connectivity index is 1.16. The van der Waals surface area contributed by atoms with E-state index in [1.807, 2.05) is 67.6 Å². The molecule has 42 heavy (non-hydrogen) atoms. The fourth-order valence-electron chi connectivity index (χ4n) is 4.82. The largest absolute Gasteiger partial charge is 0.492 e. The Bertz CT molecular complexity index is 1520. The van der Waals surface area contributed by atoms with Gasteiger partial charge < -0.3 is 28.3 Å². The molecule has 0 saturated carbocycles. The van der Waals surface area contributed by atoms with Crippen molar-refractivity contribution in [1.29, 1.82) is 0 Å². The van der Waals surface area contributed by atoms with Crippen molar-refractivity contribution in [3.05, 3.63) is 93.8 Å². The number of likely N-dealkylation sites (N-methyl/N-ethyl adjacent to an activating group) is 1. The number of hydrogen-bond donors (Lipinski definition) is 1. The van der Waals surface area contributed by atoms with Gasteiger partial charge in [0.2, 0.25) is 11.8 Å². The Morgan fingerprint density at radius 2 is 1.79 bits per heavy atom. The number of rotatable bonds is 13. The van der Waals surface area contributed by atoms with Gasteiger partial charge in [0.15, 0.2) is 17.3 Å². The van der Waals surface area contributed by atoms with Crippen molar-refractivity contribution < 1.29 is 23.4 Å². The van der Waals surface area contributed by atoms with Crippen molar-refractivity contribution in [2.75, 3.05) is 46.4 Å². The van der Waals surface area contributed by atoms with E-state index in [1.54, 1.807) is 6.26 Å². The van der Waals surface area contributed by atoms with Gasteiger partial charge in [-0.3, -0.25) is 4.90 Å². The molecule has 1 saturated heterocycles. The van der Waals surface area contributed by atoms with E-state index in [0.717, 1.165) is 37.3 Å². The van der Waals surface area contributed by atoms with Crippen LogP contribution in [0.5, 0.6) is 17.4 Å². The molecule has 10 heteroatoms. The average molecular weight is 575 g/mol. The van der Waals surface area contributed by atoms with Gasteiger partial charge in [0.05, 0.1) is 6.61 Å². The van der Waals surface area contributed by atoms with E-state index in [-0.39, 0.29) is 12.5 Å². The zero-order valence-corrected chi connectivity index (χ0v) is 24.2. The molecule has 4 aromatic rings. The number of benzene rings is 2. The fraction of sp³-hybridized carbons (Fsp3) is 0.375. The van der Waals surface area contributed by atoms with Crippen molar-refractivity contribution in [3.63, 3.8) is 0 Å². The first-order valence-electron chi connectivity index (χ1n) is 14.4. The first kappa shape index (κ1) is 29.2. The van der Waals surface area contributed by atoms with Gasteiger partial charge in [0.1, 0.15) is 18.6 Å². The van der Waals surface area contributed by atoms with Crippen LogP contribution in [0, 0.1) is 0 Å². The summed E-state index contributed by atoms with van der Waals surface area (Å²) in [4.78, 5) is 21.5. The lowest BCUT2D eigenvalue weighted by Crippen LogP contribution is -2.45. The number of nitrogens with zero attached hydrogens (tertiary/aromatic N) is 4. The number of aromatic nitrogens is 2. The second-order valence-corrected chi connectivity index (χ2v) is 10.3. The number of piperazine rings is 1. The highest BCUT2D eigenvalue weighted by Gasteiger charge is 2.19. The monoisotopic (exact) mass is 574 g/mol. The van der Waals surface area contributed by atoms with E-state index in [0.29, 0.717) is 61.4 Å². The Labute approximate surface area is 245 Å². The molecule has 1 fully saturated rings. The summed E-state index contributed by atoms with van der Waals surface area (Å²) in [6.45, 7) is 7.60. The lowest BCUT2D eigenvalue weighted by molar-refractivity contribution is 0.148. The highest BCUT2D eigenvalue weighted by Crippen LogP contribution is 2.30. The Morgan fingerprint density at radius 1 is 0.976 bits per heavy atom. The summed E-state index contributed by atoms with van der Waals surface area (Å²) >= 11 is 0. The molecule has 222 valence electrons. The molecule has 1 aliphatic heterocycles. The minimum atomic E-state index is -0.526. The van der Waals surface area contributed by atoms with Gasteiger partial charge in [-0.05, 0) is 49.7 Å². The molecule has 0 bridgehead atoms. The molecule has 0 amide bonds. The molecule has 0 atom stereocenters. The number of aryl methyl sites for hydroxylation is 2. The van der Waals surface area contributed by atoms with Crippen LogP contribution in [-0.2, 0) is 26.0 Å². The van der Waals surface area contributed by atoms with Crippen LogP contribution >= 0.6 is 0 Å². The van der Waals surface area contributed by atoms with Gasteiger partial charge in [-0.1, -0.05) is 36.4 Å². The summed E-state index contributed by atoms with van der Waals surface area (Å²) in [5.74, 6) is 1.37. The van der Waals surface area contributed by atoms with Gasteiger partial charge in [-0.15, -0.1) is 0 Å². The number of oxazole rings is 2. The van der Waals surface area contributed by atoms with Gasteiger partial charge >= 0.3 is 5.76 Å². The van der Waals surface area contributed by atoms with Gasteiger partial charge in [-0.2, -0.15) is 0 Å². The number of ether oxygens (including phenoxy) is 2. The third-order valence-electron chi connectivity index (χ3n) is 7.28. The smallest absolute Gasteiger partial charge is 0.422 e. The Hall–Kier alpha value is -4.28. The Kier molecular flexibility index (Phi) is 9.78. The zero-order valence-electron chi connectivity index (χ0n) is 24.2. The molecular weight excluding hydrogens is 536 g/mol. The molecule has 0 spiro atoms. The minimum Gasteiger partial charge on any atom is -0.492 e. The lowest BCUT2D eigenvalue weighted by atomic mass is 10.1. The fourth-order valence-corrected chi connectivity index (χ4v) is 4.82. The van der Waals surface area contributed by atoms with E-state index in [4.69, 9.17) is 18.3 Å². The average Bonchev–Trinajstić information content (AvgIpc) is 3.57. The molecule has 2 aromatic heterocycles. The number of hydrogen-bond acceptors (Lipinski definition) is 9. The highest BCUT2D eigenvalue weighted by molar-refractivity contribution is 5.65. The summed E-state index contributed by atoms with van der Waals surface area (Å²) in [7, 11) is 2.11. The van der Waals surface area contributed by atoms with E-state index in [1.165, 1.54) is 4.57 Å². The van der Waals surface area contributed by atoms with Crippen molar-refractivity contribution in [2.24, 2.45) is 0 Å². The van der Waals surface area contributed by atoms with E-state index >= 15 is 0 Å². The quantitative estimate of drug-likeness (QED) is 0.250. The summed E-state index contributed by atoms with van der Waals surface area (Å²) < 4.78 is 24.1. The van der Waals surface area contributed by atoms with Crippen molar-refractivity contribution in [3.8, 4) is 17.4 Å². The third-order valence-corrected chi connectivity index (χ3v) is 7.28. The topological polar surface area (TPSA) is 106 Å². The summed E-state index contributed by atoms with van der Waals surface area (Å²) in [6, 6.07) is 15.6. The van der Waals surface area contributed by atoms with Crippen LogP contribution < -0.4 is 15.2 Å². The van der Waals surface area contributed by atoms with Gasteiger partial charge in [-0.25, -0.2) is 14.3 Å². The first-order chi connectivity index (χ1) is 20.5. The molecule has 3 heterocycles. The molecule has 0 radical (unpaired) electrons. The van der Waals surface area contributed by atoms with Crippen molar-refractivity contribution in [2.45, 2.75) is 32.9 Å². The van der Waals surface area contributed by atoms with Crippen LogP contribution in [0.3, 0.4) is 0 Å². The first-order valence-corrected chi connectivity index (χ1v) is 14.4. The summed E-state index contributed by atoms with van der Waals surface area (Å²) in [6.07, 6.45) is 6.28. The van der Waals surface area contributed by atoms with Crippen molar-refractivity contribution in [1.82, 2.24) is 19.4 Å². The maximum atomic E-state index is 12.4. The molecule has 1 N–H and O–H groups in total. The van der Waals surface area contributed by atoms with Crippen LogP contribution in [0.2, 0.25) is 0 Å². The maximum absolute atomic E-state index is 12.4. The second kappa shape index (κ2) is 14.1. The number of aromatic hydroxyl groups is 1. The summed E-state index contributed by atoms with van der Waals surface area (Å²) in [5, 5.41) is 10.7. The predicted molar refractivity (Wildman–Crippen MR) is 160 cm³/mol. The molecule has 5 rings (SSSR count). The van der Waals surface area contributed by atoms with E-state index < -0.39 is 5.76 Å². The molecular formula is C32H38N4O6. The van der Waals surface area contributed by atoms with Crippen LogP contribution in [0.1, 0.15) is 35.4 Å². The van der Waals surface area contributed by atoms with Gasteiger partial charge in [0, 0.05) is 51.8 Å². The lowest BCUT2D eigenvalue weighted by Gasteiger charge is -2.32. The van der Waals surface area contributed by atoms with Gasteiger partial charge in [0.25, 0.3) is 0 Å². The minimum absolute atomic E-state index is 0.0929. The zero-order chi connectivity index (χ0) is 29.3. The predicted octanol–water partition coefficient (Wildman–Crippen LogP) is 4.32.